The molecule has 3 rings (SSSR count). The Labute approximate surface area is 149 Å². The van der Waals surface area contributed by atoms with Gasteiger partial charge in [-0.25, -0.2) is 13.4 Å². The number of H-pyrrole nitrogens is 1. The molecular formula is C15H12F3N3O3S2. The fourth-order valence-corrected chi connectivity index (χ4v) is 3.81. The number of anilines is 1. The lowest BCUT2D eigenvalue weighted by Gasteiger charge is -2.19. The van der Waals surface area contributed by atoms with E-state index >= 15 is 0 Å². The quantitative estimate of drug-likeness (QED) is 0.724. The number of hydrogen-bond donors (Lipinski definition) is 1. The molecule has 1 aromatic carbocycles. The van der Waals surface area contributed by atoms with Gasteiger partial charge in [-0.05, 0) is 35.7 Å². The van der Waals surface area contributed by atoms with E-state index in [-0.39, 0.29) is 12.1 Å². The molecular weight excluding hydrogens is 391 g/mol. The van der Waals surface area contributed by atoms with E-state index in [2.05, 4.69) is 9.97 Å². The van der Waals surface area contributed by atoms with Crippen LogP contribution in [0.3, 0.4) is 0 Å². The molecule has 0 aliphatic carbocycles. The molecule has 138 valence electrons. The van der Waals surface area contributed by atoms with Gasteiger partial charge in [0, 0.05) is 12.7 Å². The molecule has 11 heteroatoms. The maximum atomic E-state index is 12.6. The average Bonchev–Trinajstić information content (AvgIpc) is 3.03. The average molecular weight is 403 g/mol. The Morgan fingerprint density at radius 2 is 1.85 bits per heavy atom. The van der Waals surface area contributed by atoms with E-state index in [1.807, 2.05) is 0 Å². The lowest BCUT2D eigenvalue weighted by molar-refractivity contribution is -0.0436. The molecule has 0 aliphatic rings. The van der Waals surface area contributed by atoms with Crippen molar-refractivity contribution in [3.8, 4) is 0 Å². The van der Waals surface area contributed by atoms with Crippen LogP contribution in [0.25, 0.3) is 10.2 Å². The summed E-state index contributed by atoms with van der Waals surface area (Å²) in [5.74, 6) is 0.385. The lowest BCUT2D eigenvalue weighted by Crippen LogP contribution is -2.24. The van der Waals surface area contributed by atoms with Gasteiger partial charge in [-0.3, -0.25) is 4.79 Å². The van der Waals surface area contributed by atoms with Crippen LogP contribution in [0.4, 0.5) is 18.9 Å². The third kappa shape index (κ3) is 3.31. The summed E-state index contributed by atoms with van der Waals surface area (Å²) in [6.45, 7) is 0.187. The van der Waals surface area contributed by atoms with Crippen molar-refractivity contribution in [2.45, 2.75) is 16.9 Å². The first-order valence-electron chi connectivity index (χ1n) is 7.18. The van der Waals surface area contributed by atoms with Crippen molar-refractivity contribution in [3.05, 3.63) is 51.9 Å². The first-order chi connectivity index (χ1) is 12.1. The third-order valence-electron chi connectivity index (χ3n) is 3.64. The van der Waals surface area contributed by atoms with Crippen LogP contribution in [0.15, 0.2) is 45.4 Å². The molecule has 3 aromatic rings. The number of thiophene rings is 1. The van der Waals surface area contributed by atoms with Gasteiger partial charge in [0.25, 0.3) is 15.4 Å². The van der Waals surface area contributed by atoms with Crippen LogP contribution in [-0.2, 0) is 16.4 Å². The minimum Gasteiger partial charge on any atom is -0.367 e. The second-order valence-corrected chi connectivity index (χ2v) is 8.30. The van der Waals surface area contributed by atoms with Gasteiger partial charge in [-0.15, -0.1) is 11.3 Å². The zero-order chi connectivity index (χ0) is 19.1. The standard InChI is InChI=1S/C15H12F3N3O3S2/c1-21(8-12-19-11-6-7-25-13(11)14(22)20-12)9-2-4-10(5-3-9)26(23,24)15(16,17)18/h2-7H,8H2,1H3,(H,19,20,22). The van der Waals surface area contributed by atoms with E-state index < -0.39 is 20.2 Å². The van der Waals surface area contributed by atoms with Crippen molar-refractivity contribution in [2.75, 3.05) is 11.9 Å². The molecule has 0 fully saturated rings. The second kappa shape index (κ2) is 6.40. The zero-order valence-electron chi connectivity index (χ0n) is 13.2. The maximum absolute atomic E-state index is 12.6. The normalized spacial score (nSPS) is 12.5. The first kappa shape index (κ1) is 18.4. The summed E-state index contributed by atoms with van der Waals surface area (Å²) in [5.41, 5.74) is -4.58. The SMILES string of the molecule is CN(Cc1nc2ccsc2c(=O)[nH]1)c1ccc(S(=O)(=O)C(F)(F)F)cc1. The molecule has 0 atom stereocenters. The Morgan fingerprint density at radius 3 is 2.46 bits per heavy atom. The fourth-order valence-electron chi connectivity index (χ4n) is 2.33. The van der Waals surface area contributed by atoms with Crippen LogP contribution in [0.1, 0.15) is 5.82 Å². The number of aromatic nitrogens is 2. The first-order valence-corrected chi connectivity index (χ1v) is 9.55. The van der Waals surface area contributed by atoms with Gasteiger partial charge < -0.3 is 9.88 Å². The van der Waals surface area contributed by atoms with Gasteiger partial charge in [0.1, 0.15) is 10.5 Å². The number of nitrogens with one attached hydrogen (secondary N) is 1. The second-order valence-electron chi connectivity index (χ2n) is 5.45. The molecule has 0 spiro atoms. The molecule has 0 bridgehead atoms. The minimum absolute atomic E-state index is 0.187. The van der Waals surface area contributed by atoms with Gasteiger partial charge in [0.05, 0.1) is 17.0 Å². The topological polar surface area (TPSA) is 83.1 Å². The van der Waals surface area contributed by atoms with Crippen LogP contribution in [-0.4, -0.2) is 30.9 Å². The summed E-state index contributed by atoms with van der Waals surface area (Å²) in [7, 11) is -3.73. The molecule has 0 unspecified atom stereocenters. The van der Waals surface area contributed by atoms with Gasteiger partial charge in [-0.1, -0.05) is 0 Å². The number of aromatic amines is 1. The molecule has 2 heterocycles. The summed E-state index contributed by atoms with van der Waals surface area (Å²) in [6, 6.07) is 6.04. The molecule has 1 N–H and O–H groups in total. The van der Waals surface area contributed by atoms with Gasteiger partial charge >= 0.3 is 5.51 Å². The van der Waals surface area contributed by atoms with E-state index in [4.69, 9.17) is 0 Å². The minimum atomic E-state index is -5.38. The molecule has 0 saturated heterocycles. The zero-order valence-corrected chi connectivity index (χ0v) is 14.9. The predicted molar refractivity (Wildman–Crippen MR) is 92.0 cm³/mol. The lowest BCUT2D eigenvalue weighted by atomic mass is 10.3. The Hall–Kier alpha value is -2.40. The largest absolute Gasteiger partial charge is 0.501 e. The number of alkyl halides is 3. The molecule has 0 amide bonds. The van der Waals surface area contributed by atoms with Gasteiger partial charge in [-0.2, -0.15) is 13.2 Å². The summed E-state index contributed by atoms with van der Waals surface area (Å²) in [4.78, 5) is 19.7. The van der Waals surface area contributed by atoms with E-state index in [0.717, 1.165) is 12.1 Å². The summed E-state index contributed by atoms with van der Waals surface area (Å²) >= 11 is 1.28. The molecule has 0 aliphatic heterocycles. The highest BCUT2D eigenvalue weighted by molar-refractivity contribution is 7.92. The van der Waals surface area contributed by atoms with Gasteiger partial charge in [0.2, 0.25) is 0 Å². The van der Waals surface area contributed by atoms with Crippen molar-refractivity contribution in [3.63, 3.8) is 0 Å². The highest BCUT2D eigenvalue weighted by atomic mass is 32.2. The Morgan fingerprint density at radius 1 is 1.19 bits per heavy atom. The summed E-state index contributed by atoms with van der Waals surface area (Å²) < 4.78 is 61.0. The van der Waals surface area contributed by atoms with Crippen LogP contribution in [0.5, 0.6) is 0 Å². The van der Waals surface area contributed by atoms with E-state index in [0.29, 0.717) is 21.7 Å². The van der Waals surface area contributed by atoms with Crippen LogP contribution in [0, 0.1) is 0 Å². The Balaban J connectivity index is 1.84. The van der Waals surface area contributed by atoms with Crippen LogP contribution in [0.2, 0.25) is 0 Å². The van der Waals surface area contributed by atoms with Gasteiger partial charge in [0.15, 0.2) is 0 Å². The highest BCUT2D eigenvalue weighted by Crippen LogP contribution is 2.31. The molecule has 0 saturated carbocycles. The maximum Gasteiger partial charge on any atom is 0.501 e. The van der Waals surface area contributed by atoms with Crippen molar-refractivity contribution in [1.29, 1.82) is 0 Å². The van der Waals surface area contributed by atoms with Crippen molar-refractivity contribution < 1.29 is 21.6 Å². The van der Waals surface area contributed by atoms with Crippen LogP contribution >= 0.6 is 11.3 Å². The summed E-state index contributed by atoms with van der Waals surface area (Å²) in [6.07, 6.45) is 0. The molecule has 6 nitrogen and oxygen atoms in total. The number of rotatable bonds is 4. The van der Waals surface area contributed by atoms with Crippen molar-refractivity contribution >= 4 is 37.1 Å². The number of sulfone groups is 1. The van der Waals surface area contributed by atoms with E-state index in [9.17, 15) is 26.4 Å². The molecule has 2 aromatic heterocycles. The number of nitrogens with zero attached hydrogens (tertiary/aromatic N) is 2. The van der Waals surface area contributed by atoms with Crippen molar-refractivity contribution in [2.24, 2.45) is 0 Å². The molecule has 26 heavy (non-hydrogen) atoms. The number of benzene rings is 1. The molecule has 0 radical (unpaired) electrons. The number of fused-ring (bicyclic) bond motifs is 1. The highest BCUT2D eigenvalue weighted by Gasteiger charge is 2.46. The van der Waals surface area contributed by atoms with E-state index in [1.165, 1.54) is 23.5 Å². The van der Waals surface area contributed by atoms with E-state index in [1.54, 1.807) is 23.4 Å². The monoisotopic (exact) mass is 403 g/mol. The predicted octanol–water partition coefficient (Wildman–Crippen LogP) is 2.91. The summed E-state index contributed by atoms with van der Waals surface area (Å²) in [5, 5.41) is 1.75. The third-order valence-corrected chi connectivity index (χ3v) is 6.05. The number of hydrogen-bond acceptors (Lipinski definition) is 6. The Kier molecular flexibility index (Phi) is 4.53. The Bertz CT molecular complexity index is 1100. The van der Waals surface area contributed by atoms with Crippen LogP contribution < -0.4 is 10.5 Å². The smallest absolute Gasteiger partial charge is 0.367 e. The number of halogens is 3. The fraction of sp³-hybridized carbons (Fsp3) is 0.200. The van der Waals surface area contributed by atoms with Crippen molar-refractivity contribution in [1.82, 2.24) is 9.97 Å².